The third-order valence-corrected chi connectivity index (χ3v) is 5.77. The van der Waals surface area contributed by atoms with Crippen molar-refractivity contribution in [2.24, 2.45) is 0 Å². The van der Waals surface area contributed by atoms with Gasteiger partial charge in [0, 0.05) is 48.5 Å². The average Bonchev–Trinajstić information content (AvgIpc) is 3.20. The minimum absolute atomic E-state index is 0.0524. The van der Waals surface area contributed by atoms with Crippen LogP contribution in [-0.4, -0.2) is 59.9 Å². The number of hydrogen-bond acceptors (Lipinski definition) is 3. The summed E-state index contributed by atoms with van der Waals surface area (Å²) in [6.45, 7) is 2.13. The lowest BCUT2D eigenvalue weighted by Crippen LogP contribution is -2.50. The maximum Gasteiger partial charge on any atom is 0.270 e. The Kier molecular flexibility index (Phi) is 5.95. The fourth-order valence-corrected chi connectivity index (χ4v) is 4.04. The molecule has 2 heterocycles. The molecule has 1 aliphatic rings. The molecule has 1 N–H and O–H groups in total. The fourth-order valence-electron chi connectivity index (χ4n) is 3.86. The number of H-pyrrole nitrogens is 1. The van der Waals surface area contributed by atoms with E-state index in [2.05, 4.69) is 4.98 Å². The minimum atomic E-state index is -0.0524. The van der Waals surface area contributed by atoms with Crippen LogP contribution in [0.1, 0.15) is 22.5 Å². The second-order valence-electron chi connectivity index (χ2n) is 7.40. The number of aromatic amines is 1. The lowest BCUT2D eigenvalue weighted by atomic mass is 10.1. The number of para-hydroxylation sites is 1. The molecule has 1 saturated heterocycles. The van der Waals surface area contributed by atoms with Gasteiger partial charge >= 0.3 is 0 Å². The van der Waals surface area contributed by atoms with Gasteiger partial charge in [-0.25, -0.2) is 0 Å². The second kappa shape index (κ2) is 8.79. The zero-order chi connectivity index (χ0) is 21.1. The van der Waals surface area contributed by atoms with Crippen LogP contribution in [0.5, 0.6) is 5.75 Å². The number of aromatic nitrogens is 1. The summed E-state index contributed by atoms with van der Waals surface area (Å²) in [5, 5.41) is 1.55. The Balaban J connectivity index is 1.32. The number of fused-ring (bicyclic) bond motifs is 1. The molecular formula is C23H24ClN3O3. The van der Waals surface area contributed by atoms with E-state index in [1.807, 2.05) is 47.4 Å². The molecule has 0 aliphatic carbocycles. The summed E-state index contributed by atoms with van der Waals surface area (Å²) in [7, 11) is 1.64. The summed E-state index contributed by atoms with van der Waals surface area (Å²) in [4.78, 5) is 32.3. The summed E-state index contributed by atoms with van der Waals surface area (Å²) in [6.07, 6.45) is 1.07. The van der Waals surface area contributed by atoms with Crippen molar-refractivity contribution in [1.82, 2.24) is 14.8 Å². The van der Waals surface area contributed by atoms with Gasteiger partial charge in [-0.3, -0.25) is 9.59 Å². The van der Waals surface area contributed by atoms with Gasteiger partial charge in [-0.15, -0.1) is 0 Å². The lowest BCUT2D eigenvalue weighted by molar-refractivity contribution is -0.132. The van der Waals surface area contributed by atoms with Crippen LogP contribution in [0.15, 0.2) is 48.5 Å². The number of aryl methyl sites for hydroxylation is 1. The Bertz CT molecular complexity index is 1070. The van der Waals surface area contributed by atoms with Gasteiger partial charge in [-0.2, -0.15) is 0 Å². The quantitative estimate of drug-likeness (QED) is 0.677. The first kappa shape index (κ1) is 20.3. The number of carbonyl (C=O) groups is 2. The van der Waals surface area contributed by atoms with E-state index in [9.17, 15) is 9.59 Å². The third kappa shape index (κ3) is 4.28. The Morgan fingerprint density at radius 3 is 2.53 bits per heavy atom. The Labute approximate surface area is 180 Å². The molecule has 156 valence electrons. The Morgan fingerprint density at radius 2 is 1.77 bits per heavy atom. The van der Waals surface area contributed by atoms with Crippen LogP contribution >= 0.6 is 11.6 Å². The van der Waals surface area contributed by atoms with Crippen molar-refractivity contribution in [2.75, 3.05) is 33.3 Å². The van der Waals surface area contributed by atoms with E-state index in [1.54, 1.807) is 18.1 Å². The molecule has 30 heavy (non-hydrogen) atoms. The van der Waals surface area contributed by atoms with Crippen LogP contribution < -0.4 is 4.74 Å². The molecule has 1 aromatic heterocycles. The van der Waals surface area contributed by atoms with Gasteiger partial charge < -0.3 is 19.5 Å². The highest BCUT2D eigenvalue weighted by atomic mass is 35.5. The van der Waals surface area contributed by atoms with E-state index in [-0.39, 0.29) is 11.8 Å². The van der Waals surface area contributed by atoms with E-state index in [0.29, 0.717) is 49.7 Å². The number of nitrogens with zero attached hydrogens (tertiary/aromatic N) is 2. The van der Waals surface area contributed by atoms with E-state index in [4.69, 9.17) is 16.3 Å². The number of nitrogens with one attached hydrogen (secondary N) is 1. The SMILES string of the molecule is COc1ccccc1CCC(=O)N1CCN(C(=O)c2cc3cc(Cl)ccc3[nH]2)CC1. The van der Waals surface area contributed by atoms with Gasteiger partial charge in [0.15, 0.2) is 0 Å². The first-order chi connectivity index (χ1) is 14.5. The van der Waals surface area contributed by atoms with Crippen molar-refractivity contribution in [1.29, 1.82) is 0 Å². The highest BCUT2D eigenvalue weighted by Gasteiger charge is 2.25. The molecule has 0 bridgehead atoms. The molecule has 7 heteroatoms. The molecule has 4 rings (SSSR count). The number of hydrogen-bond donors (Lipinski definition) is 1. The van der Waals surface area contributed by atoms with Gasteiger partial charge in [-0.1, -0.05) is 29.8 Å². The number of methoxy groups -OCH3 is 1. The normalized spacial score (nSPS) is 14.2. The van der Waals surface area contributed by atoms with Crippen LogP contribution in [0.3, 0.4) is 0 Å². The smallest absolute Gasteiger partial charge is 0.270 e. The number of halogens is 1. The number of rotatable bonds is 5. The monoisotopic (exact) mass is 425 g/mol. The maximum atomic E-state index is 12.9. The minimum Gasteiger partial charge on any atom is -0.496 e. The van der Waals surface area contributed by atoms with E-state index < -0.39 is 0 Å². The van der Waals surface area contributed by atoms with Crippen LogP contribution in [0, 0.1) is 0 Å². The molecule has 0 saturated carbocycles. The first-order valence-electron chi connectivity index (χ1n) is 10.0. The van der Waals surface area contributed by atoms with Crippen LogP contribution in [0.25, 0.3) is 10.9 Å². The third-order valence-electron chi connectivity index (χ3n) is 5.53. The maximum absolute atomic E-state index is 12.9. The zero-order valence-electron chi connectivity index (χ0n) is 16.9. The summed E-state index contributed by atoms with van der Waals surface area (Å²) in [5.41, 5.74) is 2.46. The topological polar surface area (TPSA) is 65.6 Å². The van der Waals surface area contributed by atoms with Crippen molar-refractivity contribution in [2.45, 2.75) is 12.8 Å². The van der Waals surface area contributed by atoms with Gasteiger partial charge in [0.25, 0.3) is 5.91 Å². The van der Waals surface area contributed by atoms with E-state index in [1.165, 1.54) is 0 Å². The van der Waals surface area contributed by atoms with Crippen molar-refractivity contribution in [3.63, 3.8) is 0 Å². The summed E-state index contributed by atoms with van der Waals surface area (Å²) < 4.78 is 5.35. The van der Waals surface area contributed by atoms with Gasteiger partial charge in [0.1, 0.15) is 11.4 Å². The van der Waals surface area contributed by atoms with Crippen molar-refractivity contribution in [3.8, 4) is 5.75 Å². The predicted octanol–water partition coefficient (Wildman–Crippen LogP) is 3.75. The van der Waals surface area contributed by atoms with Crippen molar-refractivity contribution in [3.05, 3.63) is 64.8 Å². The molecule has 0 spiro atoms. The molecule has 6 nitrogen and oxygen atoms in total. The lowest BCUT2D eigenvalue weighted by Gasteiger charge is -2.34. The van der Waals surface area contributed by atoms with Crippen LogP contribution in [-0.2, 0) is 11.2 Å². The number of carbonyl (C=O) groups excluding carboxylic acids is 2. The summed E-state index contributed by atoms with van der Waals surface area (Å²) in [5.74, 6) is 0.858. The van der Waals surface area contributed by atoms with Gasteiger partial charge in [0.05, 0.1) is 7.11 Å². The highest BCUT2D eigenvalue weighted by molar-refractivity contribution is 6.31. The fraction of sp³-hybridized carbons (Fsp3) is 0.304. The molecule has 1 fully saturated rings. The number of piperazine rings is 1. The van der Waals surface area contributed by atoms with E-state index in [0.717, 1.165) is 22.2 Å². The predicted molar refractivity (Wildman–Crippen MR) is 117 cm³/mol. The number of amides is 2. The van der Waals surface area contributed by atoms with Crippen LogP contribution in [0.4, 0.5) is 0 Å². The van der Waals surface area contributed by atoms with Gasteiger partial charge in [0.2, 0.25) is 5.91 Å². The first-order valence-corrected chi connectivity index (χ1v) is 10.4. The second-order valence-corrected chi connectivity index (χ2v) is 7.84. The van der Waals surface area contributed by atoms with E-state index >= 15 is 0 Å². The number of benzene rings is 2. The Hall–Kier alpha value is -2.99. The molecule has 2 amide bonds. The zero-order valence-corrected chi connectivity index (χ0v) is 17.6. The van der Waals surface area contributed by atoms with Gasteiger partial charge in [-0.05, 0) is 42.3 Å². The largest absolute Gasteiger partial charge is 0.496 e. The molecule has 3 aromatic rings. The Morgan fingerprint density at radius 1 is 1.03 bits per heavy atom. The highest BCUT2D eigenvalue weighted by Crippen LogP contribution is 2.22. The standard InChI is InChI=1S/C23H24ClN3O3/c1-30-21-5-3-2-4-16(21)6-9-22(28)26-10-12-27(13-11-26)23(29)20-15-17-14-18(24)7-8-19(17)25-20/h2-5,7-8,14-15,25H,6,9-13H2,1H3. The molecule has 2 aromatic carbocycles. The van der Waals surface area contributed by atoms with Crippen molar-refractivity contribution >= 4 is 34.3 Å². The average molecular weight is 426 g/mol. The molecule has 0 radical (unpaired) electrons. The molecule has 0 atom stereocenters. The molecule has 0 unspecified atom stereocenters. The summed E-state index contributed by atoms with van der Waals surface area (Å²) in [6, 6.07) is 15.1. The molecular weight excluding hydrogens is 402 g/mol. The molecule has 1 aliphatic heterocycles. The number of ether oxygens (including phenoxy) is 1. The van der Waals surface area contributed by atoms with Crippen molar-refractivity contribution < 1.29 is 14.3 Å². The van der Waals surface area contributed by atoms with Crippen LogP contribution in [0.2, 0.25) is 5.02 Å². The summed E-state index contributed by atoms with van der Waals surface area (Å²) >= 11 is 6.03.